The molecule has 1 fully saturated rings. The van der Waals surface area contributed by atoms with E-state index in [-0.39, 0.29) is 6.04 Å². The highest BCUT2D eigenvalue weighted by molar-refractivity contribution is 7.16. The summed E-state index contributed by atoms with van der Waals surface area (Å²) in [7, 11) is 0. The van der Waals surface area contributed by atoms with Crippen LogP contribution >= 0.6 is 22.9 Å². The summed E-state index contributed by atoms with van der Waals surface area (Å²) in [6.45, 7) is 4.86. The fraction of sp³-hybridized carbons (Fsp3) is 0.471. The lowest BCUT2D eigenvalue weighted by atomic mass is 10.00. The molecule has 0 amide bonds. The maximum Gasteiger partial charge on any atom is 0.234 e. The highest BCUT2D eigenvalue weighted by atomic mass is 35.5. The van der Waals surface area contributed by atoms with Crippen LogP contribution in [-0.4, -0.2) is 25.9 Å². The molecule has 138 valence electrons. The van der Waals surface area contributed by atoms with Gasteiger partial charge in [-0.3, -0.25) is 5.43 Å². The number of hydrogen-bond donors (Lipinski definition) is 2. The fourth-order valence-electron chi connectivity index (χ4n) is 3.14. The first kappa shape index (κ1) is 17.7. The Kier molecular flexibility index (Phi) is 5.08. The van der Waals surface area contributed by atoms with Crippen molar-refractivity contribution in [1.29, 1.82) is 0 Å². The van der Waals surface area contributed by atoms with E-state index in [1.165, 1.54) is 11.3 Å². The Morgan fingerprint density at radius 3 is 2.85 bits per heavy atom. The van der Waals surface area contributed by atoms with Crippen molar-refractivity contribution < 1.29 is 4.74 Å². The molecule has 9 heteroatoms. The molecule has 0 spiro atoms. The van der Waals surface area contributed by atoms with Gasteiger partial charge < -0.3 is 4.74 Å². The van der Waals surface area contributed by atoms with Gasteiger partial charge in [-0.2, -0.15) is 9.61 Å². The molecule has 4 rings (SSSR count). The standard InChI is InChI=1S/C17H21ClN6OS/c1-10(2)7-12-8-14(20-19-12)16-21-22-17-24(16)23-15(26-17)9-25-13-5-3-11(18)4-6-13/h3-6,10,12,14,19-20H,7-9H2,1-2H3. The molecule has 2 aromatic heterocycles. The van der Waals surface area contributed by atoms with Crippen LogP contribution in [0.5, 0.6) is 5.75 Å². The van der Waals surface area contributed by atoms with Crippen molar-refractivity contribution >= 4 is 27.9 Å². The molecule has 1 aliphatic rings. The maximum atomic E-state index is 5.89. The van der Waals surface area contributed by atoms with Gasteiger partial charge in [0, 0.05) is 11.1 Å². The average molecular weight is 393 g/mol. The second-order valence-corrected chi connectivity index (χ2v) is 8.37. The van der Waals surface area contributed by atoms with E-state index < -0.39 is 0 Å². The van der Waals surface area contributed by atoms with E-state index in [2.05, 4.69) is 40.0 Å². The third-order valence-corrected chi connectivity index (χ3v) is 5.41. The quantitative estimate of drug-likeness (QED) is 0.669. The SMILES string of the molecule is CC(C)CC1CC(c2nnc3sc(COc4ccc(Cl)cc4)nn23)NN1. The first-order valence-electron chi connectivity index (χ1n) is 8.69. The molecule has 0 aliphatic carbocycles. The van der Waals surface area contributed by atoms with Crippen LogP contribution in [0.15, 0.2) is 24.3 Å². The Balaban J connectivity index is 1.44. The number of fused-ring (bicyclic) bond motifs is 1. The van der Waals surface area contributed by atoms with Gasteiger partial charge in [0.2, 0.25) is 4.96 Å². The zero-order valence-electron chi connectivity index (χ0n) is 14.6. The lowest BCUT2D eigenvalue weighted by Gasteiger charge is -2.11. The third-order valence-electron chi connectivity index (χ3n) is 4.28. The normalized spacial score (nSPS) is 20.3. The molecule has 2 unspecified atom stereocenters. The van der Waals surface area contributed by atoms with E-state index >= 15 is 0 Å². The first-order chi connectivity index (χ1) is 12.6. The van der Waals surface area contributed by atoms with E-state index in [1.807, 2.05) is 16.6 Å². The maximum absolute atomic E-state index is 5.89. The Morgan fingerprint density at radius 1 is 1.27 bits per heavy atom. The van der Waals surface area contributed by atoms with Gasteiger partial charge in [-0.1, -0.05) is 36.8 Å². The summed E-state index contributed by atoms with van der Waals surface area (Å²) in [4.78, 5) is 0.781. The van der Waals surface area contributed by atoms with Crippen LogP contribution in [0, 0.1) is 5.92 Å². The average Bonchev–Trinajstić information content (AvgIpc) is 3.29. The number of nitrogens with one attached hydrogen (secondary N) is 2. The summed E-state index contributed by atoms with van der Waals surface area (Å²) >= 11 is 7.38. The predicted octanol–water partition coefficient (Wildman–Crippen LogP) is 3.37. The molecule has 7 nitrogen and oxygen atoms in total. The van der Waals surface area contributed by atoms with Crippen molar-refractivity contribution in [3.8, 4) is 5.75 Å². The third kappa shape index (κ3) is 3.83. The molecule has 3 aromatic rings. The lowest BCUT2D eigenvalue weighted by molar-refractivity contribution is 0.304. The van der Waals surface area contributed by atoms with Gasteiger partial charge in [0.05, 0.1) is 6.04 Å². The van der Waals surface area contributed by atoms with Gasteiger partial charge in [0.1, 0.15) is 12.4 Å². The minimum atomic E-state index is 0.112. The van der Waals surface area contributed by atoms with E-state index in [1.54, 1.807) is 12.1 Å². The van der Waals surface area contributed by atoms with Crippen LogP contribution in [0.3, 0.4) is 0 Å². The molecular weight excluding hydrogens is 372 g/mol. The van der Waals surface area contributed by atoms with Crippen molar-refractivity contribution in [3.05, 3.63) is 40.1 Å². The molecule has 1 saturated heterocycles. The number of hydrazine groups is 1. The molecule has 1 aromatic carbocycles. The predicted molar refractivity (Wildman–Crippen MR) is 101 cm³/mol. The van der Waals surface area contributed by atoms with Crippen molar-refractivity contribution in [2.45, 2.75) is 45.4 Å². The summed E-state index contributed by atoms with van der Waals surface area (Å²) in [6.07, 6.45) is 2.11. The van der Waals surface area contributed by atoms with Crippen molar-refractivity contribution in [2.24, 2.45) is 5.92 Å². The first-order valence-corrected chi connectivity index (χ1v) is 9.88. The molecular formula is C17H21ClN6OS. The fourth-order valence-corrected chi connectivity index (χ4v) is 4.02. The van der Waals surface area contributed by atoms with Gasteiger partial charge in [-0.05, 0) is 43.0 Å². The van der Waals surface area contributed by atoms with Gasteiger partial charge in [0.15, 0.2) is 10.8 Å². The largest absolute Gasteiger partial charge is 0.486 e. The summed E-state index contributed by atoms with van der Waals surface area (Å²) in [5, 5.41) is 14.8. The van der Waals surface area contributed by atoms with E-state index in [0.717, 1.165) is 34.4 Å². The molecule has 0 bridgehead atoms. The number of aromatic nitrogens is 4. The molecule has 3 heterocycles. The molecule has 0 saturated carbocycles. The van der Waals surface area contributed by atoms with Crippen LogP contribution in [-0.2, 0) is 6.61 Å². The molecule has 26 heavy (non-hydrogen) atoms. The van der Waals surface area contributed by atoms with Crippen LogP contribution in [0.4, 0.5) is 0 Å². The second-order valence-electron chi connectivity index (χ2n) is 6.89. The van der Waals surface area contributed by atoms with E-state index in [9.17, 15) is 0 Å². The summed E-state index contributed by atoms with van der Waals surface area (Å²) < 4.78 is 7.59. The topological polar surface area (TPSA) is 76.4 Å². The smallest absolute Gasteiger partial charge is 0.234 e. The Labute approximate surface area is 160 Å². The van der Waals surface area contributed by atoms with Crippen LogP contribution in [0.25, 0.3) is 4.96 Å². The van der Waals surface area contributed by atoms with Gasteiger partial charge in [-0.15, -0.1) is 10.2 Å². The highest BCUT2D eigenvalue weighted by Gasteiger charge is 2.29. The Hall–Kier alpha value is -1.74. The number of halogens is 1. The zero-order chi connectivity index (χ0) is 18.1. The minimum Gasteiger partial charge on any atom is -0.486 e. The number of hydrogen-bond acceptors (Lipinski definition) is 7. The number of benzene rings is 1. The van der Waals surface area contributed by atoms with Crippen LogP contribution in [0.1, 0.15) is 43.6 Å². The lowest BCUT2D eigenvalue weighted by Crippen LogP contribution is -2.32. The highest BCUT2D eigenvalue weighted by Crippen LogP contribution is 2.26. The second kappa shape index (κ2) is 7.48. The van der Waals surface area contributed by atoms with E-state index in [0.29, 0.717) is 23.6 Å². The summed E-state index contributed by atoms with van der Waals surface area (Å²) in [6, 6.07) is 7.85. The number of nitrogens with zero attached hydrogens (tertiary/aromatic N) is 4. The van der Waals surface area contributed by atoms with Crippen LogP contribution < -0.4 is 15.6 Å². The van der Waals surface area contributed by atoms with Crippen LogP contribution in [0.2, 0.25) is 5.02 Å². The number of ether oxygens (including phenoxy) is 1. The van der Waals surface area contributed by atoms with Gasteiger partial charge >= 0.3 is 0 Å². The van der Waals surface area contributed by atoms with Crippen molar-refractivity contribution in [3.63, 3.8) is 0 Å². The zero-order valence-corrected chi connectivity index (χ0v) is 16.2. The van der Waals surface area contributed by atoms with Crippen molar-refractivity contribution in [1.82, 2.24) is 30.7 Å². The monoisotopic (exact) mass is 392 g/mol. The molecule has 2 atom stereocenters. The summed E-state index contributed by atoms with van der Waals surface area (Å²) in [5.41, 5.74) is 6.68. The molecule has 2 N–H and O–H groups in total. The van der Waals surface area contributed by atoms with Crippen molar-refractivity contribution in [2.75, 3.05) is 0 Å². The minimum absolute atomic E-state index is 0.112. The van der Waals surface area contributed by atoms with Gasteiger partial charge in [0.25, 0.3) is 0 Å². The van der Waals surface area contributed by atoms with E-state index in [4.69, 9.17) is 16.3 Å². The van der Waals surface area contributed by atoms with Gasteiger partial charge in [-0.25, -0.2) is 5.43 Å². The molecule has 1 aliphatic heterocycles. The summed E-state index contributed by atoms with van der Waals surface area (Å²) in [5.74, 6) is 2.26. The number of rotatable bonds is 6. The Bertz CT molecular complexity index is 877. The molecule has 0 radical (unpaired) electrons. The Morgan fingerprint density at radius 2 is 2.08 bits per heavy atom.